The fourth-order valence-electron chi connectivity index (χ4n) is 3.66. The van der Waals surface area contributed by atoms with Crippen molar-refractivity contribution in [3.63, 3.8) is 0 Å². The Bertz CT molecular complexity index is 1070. The first-order valence-electron chi connectivity index (χ1n) is 9.38. The smallest absolute Gasteiger partial charge is 0.332 e. The zero-order valence-electron chi connectivity index (χ0n) is 15.9. The van der Waals surface area contributed by atoms with E-state index >= 15 is 0 Å². The fraction of sp³-hybridized carbons (Fsp3) is 0.217. The minimum atomic E-state index is -1.47. The van der Waals surface area contributed by atoms with Gasteiger partial charge in [0, 0.05) is 18.3 Å². The van der Waals surface area contributed by atoms with Crippen molar-refractivity contribution in [3.05, 3.63) is 77.4 Å². The Morgan fingerprint density at radius 3 is 2.52 bits per heavy atom. The van der Waals surface area contributed by atoms with Gasteiger partial charge in [0.05, 0.1) is 17.6 Å². The number of nitriles is 1. The number of aromatic nitrogens is 1. The van der Waals surface area contributed by atoms with Crippen molar-refractivity contribution >= 4 is 23.5 Å². The molecule has 0 amide bonds. The Hall–Kier alpha value is -3.30. The number of nitrogens with zero attached hydrogens (tertiary/aromatic N) is 3. The van der Waals surface area contributed by atoms with Gasteiger partial charge in [0.2, 0.25) is 0 Å². The average Bonchev–Trinajstić information content (AvgIpc) is 3.41. The summed E-state index contributed by atoms with van der Waals surface area (Å²) in [6.07, 6.45) is 3.28. The minimum absolute atomic E-state index is 0.206. The van der Waals surface area contributed by atoms with Crippen molar-refractivity contribution in [1.29, 1.82) is 5.26 Å². The van der Waals surface area contributed by atoms with Crippen LogP contribution in [0.25, 0.3) is 10.4 Å². The van der Waals surface area contributed by atoms with E-state index in [1.807, 2.05) is 66.9 Å². The minimum Gasteiger partial charge on any atom is -0.465 e. The van der Waals surface area contributed by atoms with E-state index in [1.165, 1.54) is 17.6 Å². The normalized spacial score (nSPS) is 22.9. The molecule has 0 saturated heterocycles. The molecule has 4 rings (SSSR count). The quantitative estimate of drug-likeness (QED) is 0.576. The summed E-state index contributed by atoms with van der Waals surface area (Å²) in [7, 11) is 0. The van der Waals surface area contributed by atoms with Crippen LogP contribution in [0.4, 0.5) is 0 Å². The van der Waals surface area contributed by atoms with Crippen molar-refractivity contribution in [2.45, 2.75) is 18.9 Å². The van der Waals surface area contributed by atoms with Crippen LogP contribution in [0.1, 0.15) is 29.5 Å². The predicted molar refractivity (Wildman–Crippen MR) is 113 cm³/mol. The maximum Gasteiger partial charge on any atom is 0.332 e. The van der Waals surface area contributed by atoms with Gasteiger partial charge in [0.15, 0.2) is 5.41 Å². The van der Waals surface area contributed by atoms with Crippen LogP contribution in [0.15, 0.2) is 71.9 Å². The maximum absolute atomic E-state index is 12.8. The molecular formula is C23H19N3O2S. The fourth-order valence-corrected chi connectivity index (χ4v) is 4.67. The second kappa shape index (κ2) is 7.98. The van der Waals surface area contributed by atoms with Gasteiger partial charge < -0.3 is 4.74 Å². The number of thiazole rings is 1. The van der Waals surface area contributed by atoms with Gasteiger partial charge in [-0.3, -0.25) is 4.99 Å². The van der Waals surface area contributed by atoms with Gasteiger partial charge in [-0.2, -0.15) is 5.26 Å². The lowest BCUT2D eigenvalue weighted by atomic mass is 9.72. The molecule has 2 aromatic carbocycles. The molecule has 0 spiro atoms. The molecule has 3 atom stereocenters. The van der Waals surface area contributed by atoms with Gasteiger partial charge >= 0.3 is 5.97 Å². The number of hydrogen-bond donors (Lipinski definition) is 0. The number of esters is 1. The van der Waals surface area contributed by atoms with Gasteiger partial charge in [-0.05, 0) is 18.1 Å². The molecule has 1 aliphatic heterocycles. The summed E-state index contributed by atoms with van der Waals surface area (Å²) in [5, 5.41) is 10.8. The highest BCUT2D eigenvalue weighted by molar-refractivity contribution is 7.15. The van der Waals surface area contributed by atoms with Crippen molar-refractivity contribution < 1.29 is 9.53 Å². The van der Waals surface area contributed by atoms with Crippen LogP contribution in [-0.2, 0) is 9.53 Å². The number of aliphatic imine (C=N–C) groups is 1. The van der Waals surface area contributed by atoms with E-state index in [2.05, 4.69) is 16.0 Å². The van der Waals surface area contributed by atoms with E-state index < -0.39 is 23.3 Å². The molecule has 0 fully saturated rings. The Morgan fingerprint density at radius 1 is 1.17 bits per heavy atom. The van der Waals surface area contributed by atoms with Crippen molar-refractivity contribution in [3.8, 4) is 16.5 Å². The Balaban J connectivity index is 1.78. The summed E-state index contributed by atoms with van der Waals surface area (Å²) >= 11 is 1.53. The van der Waals surface area contributed by atoms with E-state index in [1.54, 1.807) is 6.92 Å². The Kier molecular flexibility index (Phi) is 5.24. The van der Waals surface area contributed by atoms with E-state index in [0.717, 1.165) is 21.0 Å². The first-order valence-corrected chi connectivity index (χ1v) is 10.2. The molecule has 1 aromatic heterocycles. The molecule has 0 saturated carbocycles. The van der Waals surface area contributed by atoms with Crippen LogP contribution < -0.4 is 0 Å². The maximum atomic E-state index is 12.8. The molecule has 0 radical (unpaired) electrons. The van der Waals surface area contributed by atoms with Gasteiger partial charge in [-0.15, -0.1) is 11.3 Å². The van der Waals surface area contributed by atoms with Crippen LogP contribution >= 0.6 is 11.3 Å². The monoisotopic (exact) mass is 401 g/mol. The highest BCUT2D eigenvalue weighted by atomic mass is 32.1. The van der Waals surface area contributed by atoms with Crippen LogP contribution in [0, 0.1) is 16.7 Å². The molecule has 5 nitrogen and oxygen atoms in total. The zero-order valence-corrected chi connectivity index (χ0v) is 16.7. The average molecular weight is 401 g/mol. The third-order valence-electron chi connectivity index (χ3n) is 5.04. The topological polar surface area (TPSA) is 75.3 Å². The first-order chi connectivity index (χ1) is 14.2. The summed E-state index contributed by atoms with van der Waals surface area (Å²) in [5.74, 6) is -1.06. The van der Waals surface area contributed by atoms with Crippen molar-refractivity contribution in [1.82, 2.24) is 4.98 Å². The van der Waals surface area contributed by atoms with Crippen LogP contribution in [0.2, 0.25) is 0 Å². The molecular weight excluding hydrogens is 382 g/mol. The standard InChI is InChI=1S/C23H19N3O2S/c1-2-28-22(27)23(14-24)15-26-20(19(23)17-11-7-4-8-12-17)21-25-13-18(29-21)16-9-5-3-6-10-16/h3-13,15,19-20H,2H2,1H3. The second-order valence-electron chi connectivity index (χ2n) is 6.74. The van der Waals surface area contributed by atoms with Crippen molar-refractivity contribution in [2.75, 3.05) is 6.61 Å². The zero-order chi connectivity index (χ0) is 20.3. The molecule has 2 heterocycles. The lowest BCUT2D eigenvalue weighted by Crippen LogP contribution is -2.37. The molecule has 0 N–H and O–H groups in total. The Morgan fingerprint density at radius 2 is 1.86 bits per heavy atom. The highest BCUT2D eigenvalue weighted by Gasteiger charge is 2.55. The molecule has 0 bridgehead atoms. The lowest BCUT2D eigenvalue weighted by molar-refractivity contribution is -0.149. The summed E-state index contributed by atoms with van der Waals surface area (Å²) in [5.41, 5.74) is 0.466. The summed E-state index contributed by atoms with van der Waals surface area (Å²) < 4.78 is 5.26. The van der Waals surface area contributed by atoms with E-state index in [0.29, 0.717) is 0 Å². The predicted octanol–water partition coefficient (Wildman–Crippen LogP) is 4.79. The second-order valence-corrected chi connectivity index (χ2v) is 7.80. The first kappa shape index (κ1) is 19.0. The number of rotatable bonds is 5. The van der Waals surface area contributed by atoms with Gasteiger partial charge in [-0.1, -0.05) is 60.7 Å². The van der Waals surface area contributed by atoms with E-state index in [9.17, 15) is 10.1 Å². The molecule has 1 aliphatic rings. The number of carbonyl (C=O) groups excluding carboxylic acids is 1. The summed E-state index contributed by atoms with van der Waals surface area (Å²) in [6, 6.07) is 21.3. The Labute approximate surface area is 173 Å². The van der Waals surface area contributed by atoms with Gasteiger partial charge in [0.1, 0.15) is 11.0 Å². The molecule has 144 valence electrons. The molecule has 29 heavy (non-hydrogen) atoms. The number of ether oxygens (including phenoxy) is 1. The number of carbonyl (C=O) groups is 1. The third kappa shape index (κ3) is 3.34. The number of benzene rings is 2. The van der Waals surface area contributed by atoms with E-state index in [4.69, 9.17) is 4.74 Å². The van der Waals surface area contributed by atoms with Crippen LogP contribution in [0.5, 0.6) is 0 Å². The van der Waals surface area contributed by atoms with Gasteiger partial charge in [-0.25, -0.2) is 9.78 Å². The lowest BCUT2D eigenvalue weighted by Gasteiger charge is -2.27. The third-order valence-corrected chi connectivity index (χ3v) is 6.15. The molecule has 6 heteroatoms. The summed E-state index contributed by atoms with van der Waals surface area (Å²) in [4.78, 5) is 23.1. The highest BCUT2D eigenvalue weighted by Crippen LogP contribution is 2.51. The van der Waals surface area contributed by atoms with E-state index in [-0.39, 0.29) is 6.61 Å². The number of hydrogen-bond acceptors (Lipinski definition) is 6. The largest absolute Gasteiger partial charge is 0.465 e. The van der Waals surface area contributed by atoms with Crippen LogP contribution in [0.3, 0.4) is 0 Å². The molecule has 0 aliphatic carbocycles. The van der Waals surface area contributed by atoms with Gasteiger partial charge in [0.25, 0.3) is 0 Å². The molecule has 3 aromatic rings. The summed E-state index contributed by atoms with van der Waals surface area (Å²) in [6.45, 7) is 1.94. The van der Waals surface area contributed by atoms with Crippen LogP contribution in [-0.4, -0.2) is 23.8 Å². The van der Waals surface area contributed by atoms with Crippen molar-refractivity contribution in [2.24, 2.45) is 10.4 Å². The SMILES string of the molecule is CCOC(=O)C1(C#N)C=NC(c2ncc(-c3ccccc3)s2)C1c1ccccc1. The molecule has 3 unspecified atom stereocenters.